The summed E-state index contributed by atoms with van der Waals surface area (Å²) < 4.78 is 0. The van der Waals surface area contributed by atoms with Gasteiger partial charge in [0.2, 0.25) is 0 Å². The number of anilines is 2. The zero-order valence-electron chi connectivity index (χ0n) is 11.0. The van der Waals surface area contributed by atoms with E-state index >= 15 is 0 Å². The van der Waals surface area contributed by atoms with Gasteiger partial charge < -0.3 is 16.0 Å². The van der Waals surface area contributed by atoms with E-state index in [-0.39, 0.29) is 0 Å². The average molecular weight is 254 g/mol. The van der Waals surface area contributed by atoms with Crippen LogP contribution in [0.5, 0.6) is 0 Å². The first-order valence-corrected chi connectivity index (χ1v) is 6.51. The van der Waals surface area contributed by atoms with Gasteiger partial charge in [0.25, 0.3) is 0 Å². The number of likely N-dealkylation sites (N-methyl/N-ethyl adjacent to an activating group) is 1. The van der Waals surface area contributed by atoms with Crippen LogP contribution in [0.25, 0.3) is 11.3 Å². The highest BCUT2D eigenvalue weighted by atomic mass is 15.2. The molecule has 2 heterocycles. The van der Waals surface area contributed by atoms with Crippen molar-refractivity contribution in [3.05, 3.63) is 42.5 Å². The number of nitrogens with zero attached hydrogens (tertiary/aromatic N) is 2. The molecule has 19 heavy (non-hydrogen) atoms. The predicted molar refractivity (Wildman–Crippen MR) is 79.1 cm³/mol. The van der Waals surface area contributed by atoms with E-state index in [2.05, 4.69) is 33.4 Å². The summed E-state index contributed by atoms with van der Waals surface area (Å²) >= 11 is 0. The number of pyridine rings is 1. The SMILES string of the molecule is CNC1CN(c2cc(N)nc(-c3ccccc3)c2)C1. The Morgan fingerprint density at radius 1 is 1.21 bits per heavy atom. The summed E-state index contributed by atoms with van der Waals surface area (Å²) in [7, 11) is 2.00. The van der Waals surface area contributed by atoms with E-state index in [1.807, 2.05) is 31.3 Å². The van der Waals surface area contributed by atoms with Crippen molar-refractivity contribution in [1.82, 2.24) is 10.3 Å². The van der Waals surface area contributed by atoms with Crippen molar-refractivity contribution in [3.8, 4) is 11.3 Å². The lowest BCUT2D eigenvalue weighted by Crippen LogP contribution is -2.57. The summed E-state index contributed by atoms with van der Waals surface area (Å²) in [6.07, 6.45) is 0. The summed E-state index contributed by atoms with van der Waals surface area (Å²) in [4.78, 5) is 6.73. The first-order chi connectivity index (χ1) is 9.26. The van der Waals surface area contributed by atoms with Crippen LogP contribution in [0, 0.1) is 0 Å². The molecule has 0 radical (unpaired) electrons. The van der Waals surface area contributed by atoms with Crippen LogP contribution in [0.15, 0.2) is 42.5 Å². The fraction of sp³-hybridized carbons (Fsp3) is 0.267. The minimum atomic E-state index is 0.573. The predicted octanol–water partition coefficient (Wildman–Crippen LogP) is 1.74. The number of hydrogen-bond donors (Lipinski definition) is 2. The third kappa shape index (κ3) is 2.39. The second-order valence-electron chi connectivity index (χ2n) is 4.89. The maximum atomic E-state index is 5.93. The Hall–Kier alpha value is -2.07. The topological polar surface area (TPSA) is 54.2 Å². The molecule has 3 N–H and O–H groups in total. The molecule has 0 saturated carbocycles. The molecular weight excluding hydrogens is 236 g/mol. The van der Waals surface area contributed by atoms with Crippen molar-refractivity contribution in [3.63, 3.8) is 0 Å². The van der Waals surface area contributed by atoms with Crippen LogP contribution in [0.2, 0.25) is 0 Å². The van der Waals surface area contributed by atoms with Crippen molar-refractivity contribution in [2.75, 3.05) is 30.8 Å². The maximum absolute atomic E-state index is 5.93. The molecule has 0 amide bonds. The largest absolute Gasteiger partial charge is 0.384 e. The van der Waals surface area contributed by atoms with Crippen LogP contribution < -0.4 is 16.0 Å². The van der Waals surface area contributed by atoms with E-state index in [0.29, 0.717) is 11.9 Å². The van der Waals surface area contributed by atoms with E-state index in [9.17, 15) is 0 Å². The van der Waals surface area contributed by atoms with E-state index in [1.165, 1.54) is 0 Å². The van der Waals surface area contributed by atoms with Gasteiger partial charge in [0.1, 0.15) is 5.82 Å². The third-order valence-electron chi connectivity index (χ3n) is 3.55. The van der Waals surface area contributed by atoms with Gasteiger partial charge in [-0.1, -0.05) is 30.3 Å². The number of benzene rings is 1. The normalized spacial score (nSPS) is 15.3. The Kier molecular flexibility index (Phi) is 3.09. The fourth-order valence-electron chi connectivity index (χ4n) is 2.35. The number of hydrogen-bond acceptors (Lipinski definition) is 4. The van der Waals surface area contributed by atoms with E-state index in [1.54, 1.807) is 0 Å². The highest BCUT2D eigenvalue weighted by Gasteiger charge is 2.25. The molecule has 1 aromatic carbocycles. The first kappa shape index (κ1) is 12.0. The van der Waals surface area contributed by atoms with Gasteiger partial charge in [0, 0.05) is 36.4 Å². The number of rotatable bonds is 3. The fourth-order valence-corrected chi connectivity index (χ4v) is 2.35. The van der Waals surface area contributed by atoms with E-state index in [0.717, 1.165) is 30.0 Å². The van der Waals surface area contributed by atoms with Crippen molar-refractivity contribution in [2.45, 2.75) is 6.04 Å². The van der Waals surface area contributed by atoms with Crippen molar-refractivity contribution < 1.29 is 0 Å². The molecule has 1 aliphatic rings. The lowest BCUT2D eigenvalue weighted by molar-refractivity contribution is 0.450. The lowest BCUT2D eigenvalue weighted by Gasteiger charge is -2.41. The number of nitrogen functional groups attached to an aromatic ring is 1. The molecule has 0 atom stereocenters. The monoisotopic (exact) mass is 254 g/mol. The number of aromatic nitrogens is 1. The van der Waals surface area contributed by atoms with Gasteiger partial charge in [-0.15, -0.1) is 0 Å². The Balaban J connectivity index is 1.89. The van der Waals surface area contributed by atoms with Crippen molar-refractivity contribution in [1.29, 1.82) is 0 Å². The molecule has 2 aromatic rings. The number of nitrogens with one attached hydrogen (secondary N) is 1. The Morgan fingerprint density at radius 3 is 2.63 bits per heavy atom. The quantitative estimate of drug-likeness (QED) is 0.876. The molecular formula is C15H18N4. The van der Waals surface area contributed by atoms with Crippen LogP contribution in [0.4, 0.5) is 11.5 Å². The average Bonchev–Trinajstić information content (AvgIpc) is 2.38. The summed E-state index contributed by atoms with van der Waals surface area (Å²) in [5, 5.41) is 3.27. The summed E-state index contributed by atoms with van der Waals surface area (Å²) in [6.45, 7) is 2.04. The van der Waals surface area contributed by atoms with Crippen LogP contribution in [0.3, 0.4) is 0 Å². The molecule has 3 rings (SSSR count). The molecule has 1 aromatic heterocycles. The van der Waals surface area contributed by atoms with E-state index < -0.39 is 0 Å². The summed E-state index contributed by atoms with van der Waals surface area (Å²) in [5.74, 6) is 0.573. The van der Waals surface area contributed by atoms with Gasteiger partial charge in [-0.3, -0.25) is 0 Å². The smallest absolute Gasteiger partial charge is 0.126 e. The second-order valence-corrected chi connectivity index (χ2v) is 4.89. The van der Waals surface area contributed by atoms with Crippen molar-refractivity contribution >= 4 is 11.5 Å². The molecule has 1 fully saturated rings. The zero-order chi connectivity index (χ0) is 13.2. The second kappa shape index (κ2) is 4.90. The molecule has 0 spiro atoms. The third-order valence-corrected chi connectivity index (χ3v) is 3.55. The van der Waals surface area contributed by atoms with Gasteiger partial charge in [0.05, 0.1) is 5.69 Å². The zero-order valence-corrected chi connectivity index (χ0v) is 11.0. The molecule has 4 nitrogen and oxygen atoms in total. The molecule has 1 saturated heterocycles. The van der Waals surface area contributed by atoms with Crippen LogP contribution in [0.1, 0.15) is 0 Å². The molecule has 0 aliphatic carbocycles. The minimum Gasteiger partial charge on any atom is -0.384 e. The molecule has 0 bridgehead atoms. The van der Waals surface area contributed by atoms with Gasteiger partial charge in [-0.05, 0) is 13.1 Å². The van der Waals surface area contributed by atoms with Crippen LogP contribution >= 0.6 is 0 Å². The van der Waals surface area contributed by atoms with E-state index in [4.69, 9.17) is 5.73 Å². The lowest BCUT2D eigenvalue weighted by atomic mass is 10.1. The highest BCUT2D eigenvalue weighted by molar-refractivity contribution is 5.68. The number of nitrogens with two attached hydrogens (primary N) is 1. The standard InChI is InChI=1S/C15H18N4/c1-17-12-9-19(10-12)13-7-14(18-15(16)8-13)11-5-3-2-4-6-11/h2-8,12,17H,9-10H2,1H3,(H2,16,18). The van der Waals surface area contributed by atoms with Gasteiger partial charge in [-0.25, -0.2) is 4.98 Å². The molecule has 98 valence electrons. The van der Waals surface area contributed by atoms with Gasteiger partial charge >= 0.3 is 0 Å². The molecule has 0 unspecified atom stereocenters. The van der Waals surface area contributed by atoms with Crippen molar-refractivity contribution in [2.24, 2.45) is 0 Å². The van der Waals surface area contributed by atoms with Crippen LogP contribution in [-0.4, -0.2) is 31.2 Å². The van der Waals surface area contributed by atoms with Gasteiger partial charge in [0.15, 0.2) is 0 Å². The summed E-state index contributed by atoms with van der Waals surface area (Å²) in [6, 6.07) is 14.8. The van der Waals surface area contributed by atoms with Gasteiger partial charge in [-0.2, -0.15) is 0 Å². The Labute approximate surface area is 113 Å². The Morgan fingerprint density at radius 2 is 1.95 bits per heavy atom. The van der Waals surface area contributed by atoms with Crippen LogP contribution in [-0.2, 0) is 0 Å². The first-order valence-electron chi connectivity index (χ1n) is 6.51. The minimum absolute atomic E-state index is 0.573. The molecule has 1 aliphatic heterocycles. The molecule has 4 heteroatoms. The highest BCUT2D eigenvalue weighted by Crippen LogP contribution is 2.27. The summed E-state index contributed by atoms with van der Waals surface area (Å²) in [5.41, 5.74) is 9.11. The Bertz CT molecular complexity index is 562. The maximum Gasteiger partial charge on any atom is 0.126 e.